The summed E-state index contributed by atoms with van der Waals surface area (Å²) in [6, 6.07) is 10.9. The van der Waals surface area contributed by atoms with Crippen LogP contribution in [0.2, 0.25) is 0 Å². The number of carbonyl (C=O) groups is 2. The normalized spacial score (nSPS) is 16.3. The molecule has 2 aromatic carbocycles. The first-order valence-corrected chi connectivity index (χ1v) is 10.5. The number of nitrogens with zero attached hydrogens (tertiary/aromatic N) is 5. The molecule has 1 aromatic heterocycles. The molecule has 32 heavy (non-hydrogen) atoms. The first-order valence-electron chi connectivity index (χ1n) is 9.50. The van der Waals surface area contributed by atoms with Crippen molar-refractivity contribution in [3.63, 3.8) is 0 Å². The lowest BCUT2D eigenvalue weighted by Crippen LogP contribution is -2.50. The number of nitrogens with one attached hydrogen (secondary N) is 1. The molecule has 1 N–H and O–H groups in total. The number of anilines is 2. The van der Waals surface area contributed by atoms with E-state index in [1.807, 2.05) is 19.1 Å². The van der Waals surface area contributed by atoms with Gasteiger partial charge in [0.1, 0.15) is 6.04 Å². The van der Waals surface area contributed by atoms with Crippen LogP contribution in [0.1, 0.15) is 12.0 Å². The molecule has 0 saturated carbocycles. The van der Waals surface area contributed by atoms with Gasteiger partial charge in [0.2, 0.25) is 17.0 Å². The van der Waals surface area contributed by atoms with Gasteiger partial charge in [-0.2, -0.15) is 17.9 Å². The summed E-state index contributed by atoms with van der Waals surface area (Å²) in [7, 11) is 0. The molecule has 1 atom stereocenters. The third kappa shape index (κ3) is 4.31. The highest BCUT2D eigenvalue weighted by Crippen LogP contribution is 2.38. The van der Waals surface area contributed by atoms with E-state index >= 15 is 0 Å². The van der Waals surface area contributed by atoms with Gasteiger partial charge in [-0.15, -0.1) is 5.10 Å². The van der Waals surface area contributed by atoms with Gasteiger partial charge in [-0.25, -0.2) is 0 Å². The van der Waals surface area contributed by atoms with Crippen LogP contribution in [0, 0.1) is 6.92 Å². The Morgan fingerprint density at radius 3 is 2.56 bits per heavy atom. The average molecular weight is 462 g/mol. The van der Waals surface area contributed by atoms with E-state index < -0.39 is 30.5 Å². The zero-order valence-electron chi connectivity index (χ0n) is 16.7. The largest absolute Gasteiger partial charge is 0.409 e. The van der Waals surface area contributed by atoms with E-state index in [9.17, 15) is 22.8 Å². The smallest absolute Gasteiger partial charge is 0.324 e. The molecule has 2 amide bonds. The molecule has 166 valence electrons. The highest BCUT2D eigenvalue weighted by molar-refractivity contribution is 7.99. The molecule has 0 fully saturated rings. The van der Waals surface area contributed by atoms with Crippen molar-refractivity contribution in [1.82, 2.24) is 20.2 Å². The maximum atomic E-state index is 13.8. The minimum Gasteiger partial charge on any atom is -0.324 e. The summed E-state index contributed by atoms with van der Waals surface area (Å²) in [5.74, 6) is -1.99. The Labute approximate surface area is 184 Å². The Bertz CT molecular complexity index is 1170. The number of thioether (sulfide) groups is 1. The summed E-state index contributed by atoms with van der Waals surface area (Å²) in [4.78, 5) is 25.8. The molecule has 0 aliphatic carbocycles. The van der Waals surface area contributed by atoms with Crippen molar-refractivity contribution in [1.29, 1.82) is 0 Å². The van der Waals surface area contributed by atoms with Gasteiger partial charge in [0, 0.05) is 0 Å². The third-order valence-corrected chi connectivity index (χ3v) is 5.79. The number of para-hydroxylation sites is 3. The number of tetrazole rings is 1. The Morgan fingerprint density at radius 1 is 1.16 bits per heavy atom. The van der Waals surface area contributed by atoms with Gasteiger partial charge in [-0.1, -0.05) is 42.1 Å². The Morgan fingerprint density at radius 2 is 1.84 bits per heavy atom. The van der Waals surface area contributed by atoms with Gasteiger partial charge >= 0.3 is 6.18 Å². The number of aryl methyl sites for hydroxylation is 1. The fraction of sp³-hybridized carbons (Fsp3) is 0.250. The summed E-state index contributed by atoms with van der Waals surface area (Å²) in [5.41, 5.74) is 1.71. The van der Waals surface area contributed by atoms with E-state index in [2.05, 4.69) is 20.8 Å². The second-order valence-corrected chi connectivity index (χ2v) is 7.98. The van der Waals surface area contributed by atoms with Gasteiger partial charge in [-0.3, -0.25) is 14.5 Å². The van der Waals surface area contributed by atoms with Crippen molar-refractivity contribution in [2.24, 2.45) is 0 Å². The summed E-state index contributed by atoms with van der Waals surface area (Å²) in [6.07, 6.45) is -5.69. The molecule has 3 aromatic rings. The summed E-state index contributed by atoms with van der Waals surface area (Å²) in [6.45, 7) is 1.86. The van der Waals surface area contributed by atoms with Gasteiger partial charge in [-0.05, 0) is 41.1 Å². The van der Waals surface area contributed by atoms with E-state index in [0.717, 1.165) is 17.3 Å². The van der Waals surface area contributed by atoms with Crippen molar-refractivity contribution in [2.45, 2.75) is 30.7 Å². The number of alkyl halides is 3. The lowest BCUT2D eigenvalue weighted by atomic mass is 10.1. The Kier molecular flexibility index (Phi) is 5.87. The minimum atomic E-state index is -4.79. The Hall–Kier alpha value is -3.41. The monoisotopic (exact) mass is 462 g/mol. The fourth-order valence-corrected chi connectivity index (χ4v) is 4.16. The predicted molar refractivity (Wildman–Crippen MR) is 112 cm³/mol. The fourth-order valence-electron chi connectivity index (χ4n) is 3.41. The van der Waals surface area contributed by atoms with Gasteiger partial charge in [0.15, 0.2) is 0 Å². The first-order chi connectivity index (χ1) is 15.3. The molecule has 0 spiro atoms. The SMILES string of the molecule is Cc1ccccc1-n1nnnc1SCC(=O)N1c2ccccc2NC(=O)CC1C(F)(F)F. The highest BCUT2D eigenvalue weighted by Gasteiger charge is 2.48. The predicted octanol–water partition coefficient (Wildman–Crippen LogP) is 3.37. The van der Waals surface area contributed by atoms with Gasteiger partial charge < -0.3 is 5.32 Å². The van der Waals surface area contributed by atoms with Crippen LogP contribution in [-0.2, 0) is 9.59 Å². The summed E-state index contributed by atoms with van der Waals surface area (Å²) in [5, 5.41) is 14.2. The molecule has 1 aliphatic rings. The lowest BCUT2D eigenvalue weighted by molar-refractivity contribution is -0.157. The average Bonchev–Trinajstić information content (AvgIpc) is 3.14. The Balaban J connectivity index is 1.63. The molecule has 0 radical (unpaired) electrons. The maximum absolute atomic E-state index is 13.8. The second-order valence-electron chi connectivity index (χ2n) is 7.04. The molecule has 0 saturated heterocycles. The van der Waals surface area contributed by atoms with Crippen LogP contribution >= 0.6 is 11.8 Å². The molecular formula is C20H17F3N6O2S. The molecular weight excluding hydrogens is 445 g/mol. The quantitative estimate of drug-likeness (QED) is 0.598. The van der Waals surface area contributed by atoms with Crippen molar-refractivity contribution in [2.75, 3.05) is 16.0 Å². The van der Waals surface area contributed by atoms with E-state index in [1.54, 1.807) is 18.2 Å². The number of aromatic nitrogens is 4. The molecule has 0 bridgehead atoms. The van der Waals surface area contributed by atoms with Gasteiger partial charge in [0.05, 0.1) is 29.2 Å². The first kappa shape index (κ1) is 21.8. The number of hydrogen-bond donors (Lipinski definition) is 1. The van der Waals surface area contributed by atoms with E-state index in [-0.39, 0.29) is 22.3 Å². The summed E-state index contributed by atoms with van der Waals surface area (Å²) < 4.78 is 42.9. The number of fused-ring (bicyclic) bond motifs is 1. The zero-order valence-corrected chi connectivity index (χ0v) is 17.5. The van der Waals surface area contributed by atoms with Crippen LogP contribution < -0.4 is 10.2 Å². The molecule has 2 heterocycles. The number of rotatable bonds is 4. The van der Waals surface area contributed by atoms with Crippen molar-refractivity contribution < 1.29 is 22.8 Å². The topological polar surface area (TPSA) is 93.0 Å². The van der Waals surface area contributed by atoms with Crippen molar-refractivity contribution >= 4 is 35.0 Å². The molecule has 12 heteroatoms. The van der Waals surface area contributed by atoms with E-state index in [0.29, 0.717) is 10.6 Å². The van der Waals surface area contributed by atoms with Crippen LogP contribution in [0.3, 0.4) is 0 Å². The van der Waals surface area contributed by atoms with E-state index in [4.69, 9.17) is 0 Å². The summed E-state index contributed by atoms with van der Waals surface area (Å²) >= 11 is 0.917. The van der Waals surface area contributed by atoms with Crippen molar-refractivity contribution in [3.05, 3.63) is 54.1 Å². The standard InChI is InChI=1S/C20H17F3N6O2S/c1-12-6-2-4-8-14(12)29-19(25-26-27-29)32-11-18(31)28-15-9-5-3-7-13(15)24-17(30)10-16(28)20(21,22)23/h2-9,16H,10-11H2,1H3,(H,24,30). The lowest BCUT2D eigenvalue weighted by Gasteiger charge is -2.31. The minimum absolute atomic E-state index is 0.00947. The third-order valence-electron chi connectivity index (χ3n) is 4.88. The number of halogens is 3. The molecule has 8 nitrogen and oxygen atoms in total. The molecule has 1 unspecified atom stereocenters. The number of hydrogen-bond acceptors (Lipinski definition) is 6. The number of benzene rings is 2. The highest BCUT2D eigenvalue weighted by atomic mass is 32.2. The number of amides is 2. The maximum Gasteiger partial charge on any atom is 0.409 e. The zero-order chi connectivity index (χ0) is 22.9. The number of carbonyl (C=O) groups excluding carboxylic acids is 2. The van der Waals surface area contributed by atoms with Crippen LogP contribution in [0.5, 0.6) is 0 Å². The van der Waals surface area contributed by atoms with Crippen LogP contribution in [0.25, 0.3) is 5.69 Å². The second kappa shape index (κ2) is 8.61. The van der Waals surface area contributed by atoms with Crippen LogP contribution in [0.4, 0.5) is 24.5 Å². The van der Waals surface area contributed by atoms with E-state index in [1.165, 1.54) is 22.9 Å². The molecule has 4 rings (SSSR count). The van der Waals surface area contributed by atoms with Crippen molar-refractivity contribution in [3.8, 4) is 5.69 Å². The van der Waals surface area contributed by atoms with Crippen LogP contribution in [-0.4, -0.2) is 50.0 Å². The molecule has 1 aliphatic heterocycles. The van der Waals surface area contributed by atoms with Gasteiger partial charge in [0.25, 0.3) is 0 Å². The van der Waals surface area contributed by atoms with Crippen LogP contribution in [0.15, 0.2) is 53.7 Å².